The van der Waals surface area contributed by atoms with E-state index in [0.717, 1.165) is 25.0 Å². The second-order valence-electron chi connectivity index (χ2n) is 6.37. The molecule has 1 saturated heterocycles. The lowest BCUT2D eigenvalue weighted by molar-refractivity contribution is -0.130. The summed E-state index contributed by atoms with van der Waals surface area (Å²) in [4.78, 5) is 18.9. The van der Waals surface area contributed by atoms with Gasteiger partial charge in [-0.1, -0.05) is 6.42 Å². The number of hydrogen-bond donors (Lipinski definition) is 0. The molecule has 5 heteroatoms. The molecule has 3 rings (SSSR count). The van der Waals surface area contributed by atoms with Gasteiger partial charge >= 0.3 is 0 Å². The van der Waals surface area contributed by atoms with E-state index in [9.17, 15) is 4.79 Å². The van der Waals surface area contributed by atoms with Gasteiger partial charge in [0.05, 0.1) is 30.9 Å². The average Bonchev–Trinajstić information content (AvgIpc) is 2.90. The van der Waals surface area contributed by atoms with E-state index < -0.39 is 0 Å². The second kappa shape index (κ2) is 6.34. The molecule has 1 aliphatic carbocycles. The van der Waals surface area contributed by atoms with Crippen LogP contribution in [0, 0.1) is 12.8 Å². The smallest absolute Gasteiger partial charge is 0.255 e. The molecule has 2 fully saturated rings. The van der Waals surface area contributed by atoms with Crippen LogP contribution in [0.2, 0.25) is 0 Å². The molecule has 1 aliphatic heterocycles. The average molecular weight is 304 g/mol. The van der Waals surface area contributed by atoms with Crippen LogP contribution in [0.5, 0.6) is 0 Å². The highest BCUT2D eigenvalue weighted by Gasteiger charge is 2.47. The maximum absolute atomic E-state index is 12.7. The molecule has 0 N–H and O–H groups in total. The van der Waals surface area contributed by atoms with E-state index >= 15 is 0 Å². The molecular formula is C17H24N2O3. The van der Waals surface area contributed by atoms with Crippen LogP contribution >= 0.6 is 0 Å². The summed E-state index contributed by atoms with van der Waals surface area (Å²) in [6.45, 7) is 4.53. The fourth-order valence-electron chi connectivity index (χ4n) is 3.71. The molecule has 1 saturated carbocycles. The zero-order chi connectivity index (χ0) is 15.6. The van der Waals surface area contributed by atoms with Gasteiger partial charge in [0.1, 0.15) is 0 Å². The Bertz CT molecular complexity index is 531. The Balaban J connectivity index is 1.75. The van der Waals surface area contributed by atoms with Crippen molar-refractivity contribution in [3.63, 3.8) is 0 Å². The maximum atomic E-state index is 12.7. The first-order valence-electron chi connectivity index (χ1n) is 7.99. The SMILES string of the molecule is COC[C@H]1CCC[C@@]12CN(C(=O)c1ccc(C)nc1)CCO2. The minimum atomic E-state index is -0.220. The van der Waals surface area contributed by atoms with Crippen molar-refractivity contribution in [3.05, 3.63) is 29.6 Å². The van der Waals surface area contributed by atoms with E-state index in [1.54, 1.807) is 13.3 Å². The summed E-state index contributed by atoms with van der Waals surface area (Å²) in [6.07, 6.45) is 4.93. The van der Waals surface area contributed by atoms with Crippen LogP contribution in [-0.4, -0.2) is 54.8 Å². The fourth-order valence-corrected chi connectivity index (χ4v) is 3.71. The first-order chi connectivity index (χ1) is 10.6. The first-order valence-corrected chi connectivity index (χ1v) is 7.99. The number of methoxy groups -OCH3 is 1. The number of morpholine rings is 1. The van der Waals surface area contributed by atoms with Crippen LogP contribution in [0.4, 0.5) is 0 Å². The van der Waals surface area contributed by atoms with Gasteiger partial charge in [-0.3, -0.25) is 9.78 Å². The van der Waals surface area contributed by atoms with Gasteiger partial charge in [0.25, 0.3) is 5.91 Å². The van der Waals surface area contributed by atoms with Gasteiger partial charge in [-0.25, -0.2) is 0 Å². The summed E-state index contributed by atoms with van der Waals surface area (Å²) >= 11 is 0. The lowest BCUT2D eigenvalue weighted by Gasteiger charge is -2.44. The Morgan fingerprint density at radius 1 is 1.55 bits per heavy atom. The molecule has 120 valence electrons. The van der Waals surface area contributed by atoms with Gasteiger partial charge in [0.15, 0.2) is 0 Å². The number of carbonyl (C=O) groups excluding carboxylic acids is 1. The largest absolute Gasteiger partial charge is 0.384 e. The number of nitrogens with zero attached hydrogens (tertiary/aromatic N) is 2. The Labute approximate surface area is 131 Å². The number of pyridine rings is 1. The van der Waals surface area contributed by atoms with Crippen LogP contribution in [0.15, 0.2) is 18.3 Å². The number of amides is 1. The number of carbonyl (C=O) groups is 1. The van der Waals surface area contributed by atoms with Gasteiger partial charge in [0, 0.05) is 31.5 Å². The third-order valence-corrected chi connectivity index (χ3v) is 4.92. The highest BCUT2D eigenvalue weighted by molar-refractivity contribution is 5.94. The van der Waals surface area contributed by atoms with Crippen LogP contribution in [0.3, 0.4) is 0 Å². The highest BCUT2D eigenvalue weighted by atomic mass is 16.5. The summed E-state index contributed by atoms with van der Waals surface area (Å²) < 4.78 is 11.5. The van der Waals surface area contributed by atoms with Crippen LogP contribution in [0.1, 0.15) is 35.3 Å². The number of rotatable bonds is 3. The van der Waals surface area contributed by atoms with Crippen molar-refractivity contribution >= 4 is 5.91 Å². The normalized spacial score (nSPS) is 28.3. The van der Waals surface area contributed by atoms with E-state index in [0.29, 0.717) is 37.8 Å². The van der Waals surface area contributed by atoms with E-state index in [1.165, 1.54) is 0 Å². The van der Waals surface area contributed by atoms with Crippen molar-refractivity contribution in [2.75, 3.05) is 33.4 Å². The van der Waals surface area contributed by atoms with Crippen molar-refractivity contribution in [2.24, 2.45) is 5.92 Å². The molecule has 2 atom stereocenters. The Morgan fingerprint density at radius 2 is 2.41 bits per heavy atom. The zero-order valence-electron chi connectivity index (χ0n) is 13.4. The summed E-state index contributed by atoms with van der Waals surface area (Å²) in [5.41, 5.74) is 1.36. The van der Waals surface area contributed by atoms with Crippen molar-refractivity contribution in [1.29, 1.82) is 0 Å². The summed E-state index contributed by atoms with van der Waals surface area (Å²) in [7, 11) is 1.73. The van der Waals surface area contributed by atoms with E-state index in [2.05, 4.69) is 4.98 Å². The van der Waals surface area contributed by atoms with Crippen LogP contribution in [0.25, 0.3) is 0 Å². The molecule has 0 unspecified atom stereocenters. The quantitative estimate of drug-likeness (QED) is 0.857. The monoisotopic (exact) mass is 304 g/mol. The van der Waals surface area contributed by atoms with Gasteiger partial charge in [-0.15, -0.1) is 0 Å². The molecule has 1 amide bonds. The Kier molecular flexibility index (Phi) is 4.45. The predicted molar refractivity (Wildman–Crippen MR) is 82.8 cm³/mol. The van der Waals surface area contributed by atoms with Crippen molar-refractivity contribution in [2.45, 2.75) is 31.8 Å². The number of ether oxygens (including phenoxy) is 2. The maximum Gasteiger partial charge on any atom is 0.255 e. The predicted octanol–water partition coefficient (Wildman–Crippen LogP) is 2.05. The molecular weight excluding hydrogens is 280 g/mol. The molecule has 2 heterocycles. The van der Waals surface area contributed by atoms with Gasteiger partial charge < -0.3 is 14.4 Å². The van der Waals surface area contributed by atoms with Crippen LogP contribution < -0.4 is 0 Å². The summed E-state index contributed by atoms with van der Waals surface area (Å²) in [5.74, 6) is 0.433. The van der Waals surface area contributed by atoms with Gasteiger partial charge in [0.2, 0.25) is 0 Å². The lowest BCUT2D eigenvalue weighted by atomic mass is 9.89. The van der Waals surface area contributed by atoms with E-state index in [-0.39, 0.29) is 11.5 Å². The van der Waals surface area contributed by atoms with Gasteiger partial charge in [-0.2, -0.15) is 0 Å². The minimum Gasteiger partial charge on any atom is -0.384 e. The zero-order valence-corrected chi connectivity index (χ0v) is 13.4. The van der Waals surface area contributed by atoms with Crippen molar-refractivity contribution in [1.82, 2.24) is 9.88 Å². The third kappa shape index (κ3) is 2.88. The summed E-state index contributed by atoms with van der Waals surface area (Å²) in [6, 6.07) is 3.74. The highest BCUT2D eigenvalue weighted by Crippen LogP contribution is 2.41. The standard InChI is InChI=1S/C17H24N2O3/c1-13-5-6-14(10-18-13)16(20)19-8-9-22-17(12-19)7-3-4-15(17)11-21-2/h5-6,10,15H,3-4,7-9,11-12H2,1-2H3/t15-,17-/m1/s1. The third-order valence-electron chi connectivity index (χ3n) is 4.92. The molecule has 0 radical (unpaired) electrons. The van der Waals surface area contributed by atoms with E-state index in [1.807, 2.05) is 24.0 Å². The minimum absolute atomic E-state index is 0.0539. The number of hydrogen-bond acceptors (Lipinski definition) is 4. The topological polar surface area (TPSA) is 51.7 Å². The molecule has 1 aromatic rings. The van der Waals surface area contributed by atoms with Gasteiger partial charge in [-0.05, 0) is 31.9 Å². The fraction of sp³-hybridized carbons (Fsp3) is 0.647. The first kappa shape index (κ1) is 15.4. The lowest BCUT2D eigenvalue weighted by Crippen LogP contribution is -2.56. The molecule has 2 aliphatic rings. The molecule has 0 bridgehead atoms. The summed E-state index contributed by atoms with van der Waals surface area (Å²) in [5, 5.41) is 0. The Hall–Kier alpha value is -1.46. The second-order valence-corrected chi connectivity index (χ2v) is 6.37. The Morgan fingerprint density at radius 3 is 3.14 bits per heavy atom. The molecule has 1 spiro atoms. The number of aromatic nitrogens is 1. The van der Waals surface area contributed by atoms with E-state index in [4.69, 9.17) is 9.47 Å². The molecule has 1 aromatic heterocycles. The molecule has 5 nitrogen and oxygen atoms in total. The number of aryl methyl sites for hydroxylation is 1. The van der Waals surface area contributed by atoms with Crippen LogP contribution in [-0.2, 0) is 9.47 Å². The molecule has 0 aromatic carbocycles. The van der Waals surface area contributed by atoms with Crippen molar-refractivity contribution in [3.8, 4) is 0 Å². The van der Waals surface area contributed by atoms with Crippen molar-refractivity contribution < 1.29 is 14.3 Å². The molecule has 22 heavy (non-hydrogen) atoms.